The number of nitrogens with one attached hydrogen (secondary N) is 2. The average molecular weight is 297 g/mol. The zero-order valence-corrected chi connectivity index (χ0v) is 11.7. The van der Waals surface area contributed by atoms with Gasteiger partial charge in [-0.05, 0) is 18.6 Å². The summed E-state index contributed by atoms with van der Waals surface area (Å²) < 4.78 is 27.8. The van der Waals surface area contributed by atoms with Crippen molar-refractivity contribution in [3.8, 4) is 0 Å². The zero-order valence-electron chi connectivity index (χ0n) is 11.7. The van der Waals surface area contributed by atoms with Gasteiger partial charge in [0.05, 0.1) is 6.54 Å². The number of hydrogen-bond donors (Lipinski definition) is 2. The molecule has 0 unspecified atom stereocenters. The van der Waals surface area contributed by atoms with E-state index in [1.165, 1.54) is 4.90 Å². The molecule has 2 rings (SSSR count). The third-order valence-electron chi connectivity index (χ3n) is 3.17. The van der Waals surface area contributed by atoms with E-state index >= 15 is 0 Å². The summed E-state index contributed by atoms with van der Waals surface area (Å²) in [6.07, 6.45) is 0.725. The molecule has 1 saturated heterocycles. The molecule has 1 aliphatic rings. The van der Waals surface area contributed by atoms with Crippen LogP contribution in [0.15, 0.2) is 12.1 Å². The molecule has 1 fully saturated rings. The van der Waals surface area contributed by atoms with Crippen LogP contribution in [0, 0.1) is 11.6 Å². The molecule has 0 aromatic heterocycles. The van der Waals surface area contributed by atoms with E-state index in [4.69, 9.17) is 0 Å². The van der Waals surface area contributed by atoms with Crippen molar-refractivity contribution in [2.45, 2.75) is 13.3 Å². The van der Waals surface area contributed by atoms with E-state index in [9.17, 15) is 18.4 Å². The standard InChI is InChI=1S/C14H17F2N3O2/c1-2-3-18-13-10(15)6-9(7-11(13)16)14(21)19-5-4-17-12(20)8-19/h6-7,18H,2-5,8H2,1H3,(H,17,20). The Hall–Kier alpha value is -2.18. The lowest BCUT2D eigenvalue weighted by molar-refractivity contribution is -0.123. The van der Waals surface area contributed by atoms with Crippen molar-refractivity contribution < 1.29 is 18.4 Å². The Labute approximate surface area is 121 Å². The average Bonchev–Trinajstić information content (AvgIpc) is 2.45. The minimum absolute atomic E-state index is 0.0956. The second-order valence-electron chi connectivity index (χ2n) is 4.82. The third-order valence-corrected chi connectivity index (χ3v) is 3.17. The highest BCUT2D eigenvalue weighted by Crippen LogP contribution is 2.22. The van der Waals surface area contributed by atoms with E-state index in [2.05, 4.69) is 10.6 Å². The fourth-order valence-electron chi connectivity index (χ4n) is 2.11. The Bertz CT molecular complexity index is 540. The third kappa shape index (κ3) is 3.48. The van der Waals surface area contributed by atoms with Crippen molar-refractivity contribution in [2.24, 2.45) is 0 Å². The monoisotopic (exact) mass is 297 g/mol. The minimum Gasteiger partial charge on any atom is -0.380 e. The Morgan fingerprint density at radius 2 is 2.05 bits per heavy atom. The number of halogens is 2. The Balaban J connectivity index is 2.20. The molecule has 2 N–H and O–H groups in total. The van der Waals surface area contributed by atoms with Crippen molar-refractivity contribution in [1.82, 2.24) is 10.2 Å². The van der Waals surface area contributed by atoms with Crippen LogP contribution in [0.3, 0.4) is 0 Å². The summed E-state index contributed by atoms with van der Waals surface area (Å²) >= 11 is 0. The summed E-state index contributed by atoms with van der Waals surface area (Å²) in [6, 6.07) is 1.99. The summed E-state index contributed by atoms with van der Waals surface area (Å²) in [7, 11) is 0. The van der Waals surface area contributed by atoms with Gasteiger partial charge in [-0.25, -0.2) is 8.78 Å². The van der Waals surface area contributed by atoms with E-state index in [1.807, 2.05) is 6.92 Å². The first-order chi connectivity index (χ1) is 10.0. The fourth-order valence-corrected chi connectivity index (χ4v) is 2.11. The smallest absolute Gasteiger partial charge is 0.254 e. The number of hydrogen-bond acceptors (Lipinski definition) is 3. The molecule has 1 heterocycles. The van der Waals surface area contributed by atoms with Gasteiger partial charge < -0.3 is 15.5 Å². The van der Waals surface area contributed by atoms with Crippen LogP contribution in [0.25, 0.3) is 0 Å². The van der Waals surface area contributed by atoms with Gasteiger partial charge in [0.25, 0.3) is 5.91 Å². The first-order valence-corrected chi connectivity index (χ1v) is 6.81. The highest BCUT2D eigenvalue weighted by atomic mass is 19.1. The molecular formula is C14H17F2N3O2. The van der Waals surface area contributed by atoms with Crippen molar-refractivity contribution in [3.63, 3.8) is 0 Å². The van der Waals surface area contributed by atoms with E-state index < -0.39 is 17.5 Å². The van der Waals surface area contributed by atoms with Crippen LogP contribution in [0.2, 0.25) is 0 Å². The van der Waals surface area contributed by atoms with Gasteiger partial charge >= 0.3 is 0 Å². The molecule has 1 aliphatic heterocycles. The summed E-state index contributed by atoms with van der Waals surface area (Å²) in [6.45, 7) is 2.88. The van der Waals surface area contributed by atoms with Crippen LogP contribution in [0.5, 0.6) is 0 Å². The van der Waals surface area contributed by atoms with Crippen molar-refractivity contribution in [2.75, 3.05) is 31.5 Å². The summed E-state index contributed by atoms with van der Waals surface area (Å²) in [5.41, 5.74) is -0.327. The van der Waals surface area contributed by atoms with E-state index in [0.29, 0.717) is 19.6 Å². The first kappa shape index (κ1) is 15.2. The first-order valence-electron chi connectivity index (χ1n) is 6.81. The van der Waals surface area contributed by atoms with Gasteiger partial charge in [-0.2, -0.15) is 0 Å². The maximum atomic E-state index is 13.9. The molecule has 1 aromatic rings. The van der Waals surface area contributed by atoms with Gasteiger partial charge in [0.15, 0.2) is 0 Å². The van der Waals surface area contributed by atoms with Gasteiger partial charge in [0, 0.05) is 25.2 Å². The van der Waals surface area contributed by atoms with Crippen LogP contribution >= 0.6 is 0 Å². The highest BCUT2D eigenvalue weighted by molar-refractivity contribution is 5.97. The summed E-state index contributed by atoms with van der Waals surface area (Å²) in [5.74, 6) is -2.46. The van der Waals surface area contributed by atoms with Gasteiger partial charge in [0.2, 0.25) is 5.91 Å². The van der Waals surface area contributed by atoms with Crippen LogP contribution < -0.4 is 10.6 Å². The molecule has 0 saturated carbocycles. The number of amides is 2. The molecule has 7 heteroatoms. The van der Waals surface area contributed by atoms with Crippen LogP contribution in [0.1, 0.15) is 23.7 Å². The molecule has 5 nitrogen and oxygen atoms in total. The van der Waals surface area contributed by atoms with E-state index in [-0.39, 0.29) is 23.7 Å². The maximum Gasteiger partial charge on any atom is 0.254 e. The maximum absolute atomic E-state index is 13.9. The summed E-state index contributed by atoms with van der Waals surface area (Å²) in [5, 5.41) is 5.23. The van der Waals surface area contributed by atoms with Crippen LogP contribution in [-0.4, -0.2) is 42.9 Å². The molecule has 114 valence electrons. The molecule has 0 aliphatic carbocycles. The number of nitrogens with zero attached hydrogens (tertiary/aromatic N) is 1. The number of carbonyl (C=O) groups is 2. The fraction of sp³-hybridized carbons (Fsp3) is 0.429. The molecule has 21 heavy (non-hydrogen) atoms. The van der Waals surface area contributed by atoms with Crippen molar-refractivity contribution in [1.29, 1.82) is 0 Å². The minimum atomic E-state index is -0.812. The molecule has 0 bridgehead atoms. The largest absolute Gasteiger partial charge is 0.380 e. The number of carbonyl (C=O) groups excluding carboxylic acids is 2. The van der Waals surface area contributed by atoms with Gasteiger partial charge in [-0.15, -0.1) is 0 Å². The SMILES string of the molecule is CCCNc1c(F)cc(C(=O)N2CCNC(=O)C2)cc1F. The molecular weight excluding hydrogens is 280 g/mol. The quantitative estimate of drug-likeness (QED) is 0.882. The lowest BCUT2D eigenvalue weighted by Gasteiger charge is -2.26. The lowest BCUT2D eigenvalue weighted by Crippen LogP contribution is -2.50. The number of benzene rings is 1. The second kappa shape index (κ2) is 6.51. The second-order valence-corrected chi connectivity index (χ2v) is 4.82. The van der Waals surface area contributed by atoms with Crippen LogP contribution in [0.4, 0.5) is 14.5 Å². The molecule has 2 amide bonds. The lowest BCUT2D eigenvalue weighted by atomic mass is 10.1. The summed E-state index contributed by atoms with van der Waals surface area (Å²) in [4.78, 5) is 24.7. The van der Waals surface area contributed by atoms with Crippen molar-refractivity contribution in [3.05, 3.63) is 29.3 Å². The van der Waals surface area contributed by atoms with Crippen molar-refractivity contribution >= 4 is 17.5 Å². The predicted molar refractivity (Wildman–Crippen MR) is 74.1 cm³/mol. The van der Waals surface area contributed by atoms with E-state index in [1.54, 1.807) is 0 Å². The van der Waals surface area contributed by atoms with Gasteiger partial charge in [0.1, 0.15) is 17.3 Å². The Morgan fingerprint density at radius 1 is 1.38 bits per heavy atom. The molecule has 1 aromatic carbocycles. The number of piperazine rings is 1. The topological polar surface area (TPSA) is 61.4 Å². The normalized spacial score (nSPS) is 14.8. The number of rotatable bonds is 4. The Kier molecular flexibility index (Phi) is 4.72. The zero-order chi connectivity index (χ0) is 15.4. The predicted octanol–water partition coefficient (Wildman–Crippen LogP) is 1.36. The van der Waals surface area contributed by atoms with E-state index in [0.717, 1.165) is 18.6 Å². The van der Waals surface area contributed by atoms with Crippen LogP contribution in [-0.2, 0) is 4.79 Å². The molecule has 0 atom stereocenters. The van der Waals surface area contributed by atoms with Gasteiger partial charge in [-0.1, -0.05) is 6.92 Å². The Morgan fingerprint density at radius 3 is 2.62 bits per heavy atom. The van der Waals surface area contributed by atoms with Gasteiger partial charge in [-0.3, -0.25) is 9.59 Å². The highest BCUT2D eigenvalue weighted by Gasteiger charge is 2.24. The number of anilines is 1. The molecule has 0 radical (unpaired) electrons. The molecule has 0 spiro atoms.